The van der Waals surface area contributed by atoms with Crippen LogP contribution in [0.1, 0.15) is 24.0 Å². The number of likely N-dealkylation sites (tertiary alicyclic amines) is 1. The van der Waals surface area contributed by atoms with Crippen LogP contribution in [0.15, 0.2) is 54.2 Å². The van der Waals surface area contributed by atoms with E-state index < -0.39 is 0 Å². The first-order valence-electron chi connectivity index (χ1n) is 8.77. The Morgan fingerprint density at radius 3 is 2.31 bits per heavy atom. The molecule has 0 saturated carbocycles. The monoisotopic (exact) mass is 366 g/mol. The van der Waals surface area contributed by atoms with Gasteiger partial charge in [0, 0.05) is 18.1 Å². The van der Waals surface area contributed by atoms with Crippen molar-refractivity contribution < 1.29 is 9.59 Å². The van der Waals surface area contributed by atoms with Crippen molar-refractivity contribution in [3.63, 3.8) is 0 Å². The highest BCUT2D eigenvalue weighted by molar-refractivity contribution is 6.45. The Hall–Kier alpha value is -2.59. The van der Waals surface area contributed by atoms with Crippen LogP contribution < -0.4 is 4.90 Å². The van der Waals surface area contributed by atoms with Gasteiger partial charge in [-0.25, -0.2) is 4.90 Å². The third-order valence-electron chi connectivity index (χ3n) is 4.96. The van der Waals surface area contributed by atoms with Crippen molar-refractivity contribution in [3.05, 3.63) is 70.4 Å². The van der Waals surface area contributed by atoms with E-state index in [0.29, 0.717) is 22.0 Å². The molecule has 4 rings (SSSR count). The molecule has 2 amide bonds. The van der Waals surface area contributed by atoms with Gasteiger partial charge >= 0.3 is 0 Å². The SMILES string of the molecule is Cc1ccc(Cl)cc1N1C(=O)C(c2ccccc2)=C(N2CCCC2)C1=O. The topological polar surface area (TPSA) is 40.6 Å². The van der Waals surface area contributed by atoms with Crippen molar-refractivity contribution in [2.45, 2.75) is 19.8 Å². The number of imide groups is 1. The Balaban J connectivity index is 1.86. The maximum atomic E-state index is 13.3. The molecule has 5 heteroatoms. The number of aryl methyl sites for hydroxylation is 1. The van der Waals surface area contributed by atoms with Gasteiger partial charge in [0.2, 0.25) is 0 Å². The van der Waals surface area contributed by atoms with Crippen LogP contribution in [0.5, 0.6) is 0 Å². The first-order chi connectivity index (χ1) is 12.6. The van der Waals surface area contributed by atoms with Crippen LogP contribution in [-0.2, 0) is 9.59 Å². The third-order valence-corrected chi connectivity index (χ3v) is 5.19. The van der Waals surface area contributed by atoms with Crippen molar-refractivity contribution >= 4 is 34.7 Å². The zero-order chi connectivity index (χ0) is 18.3. The number of carbonyl (C=O) groups excluding carboxylic acids is 2. The summed E-state index contributed by atoms with van der Waals surface area (Å²) in [5, 5.41) is 0.502. The number of hydrogen-bond acceptors (Lipinski definition) is 3. The number of halogens is 1. The number of nitrogens with zero attached hydrogens (tertiary/aromatic N) is 2. The van der Waals surface area contributed by atoms with Crippen LogP contribution >= 0.6 is 11.6 Å². The van der Waals surface area contributed by atoms with Crippen LogP contribution in [0.2, 0.25) is 5.02 Å². The van der Waals surface area contributed by atoms with Crippen molar-refractivity contribution in [2.75, 3.05) is 18.0 Å². The molecule has 0 unspecified atom stereocenters. The Morgan fingerprint density at radius 2 is 1.62 bits per heavy atom. The van der Waals surface area contributed by atoms with Crippen molar-refractivity contribution in [1.82, 2.24) is 4.90 Å². The first kappa shape index (κ1) is 16.9. The fourth-order valence-electron chi connectivity index (χ4n) is 3.66. The second-order valence-electron chi connectivity index (χ2n) is 6.66. The Labute approximate surface area is 157 Å². The molecule has 132 valence electrons. The fourth-order valence-corrected chi connectivity index (χ4v) is 3.83. The Kier molecular flexibility index (Phi) is 4.29. The summed E-state index contributed by atoms with van der Waals surface area (Å²) >= 11 is 6.13. The van der Waals surface area contributed by atoms with Gasteiger partial charge in [-0.1, -0.05) is 48.0 Å². The lowest BCUT2D eigenvalue weighted by Gasteiger charge is -2.21. The van der Waals surface area contributed by atoms with Gasteiger partial charge in [0.1, 0.15) is 5.70 Å². The van der Waals surface area contributed by atoms with Gasteiger partial charge in [0.25, 0.3) is 11.8 Å². The fraction of sp³-hybridized carbons (Fsp3) is 0.238. The van der Waals surface area contributed by atoms with Gasteiger partial charge in [0.05, 0.1) is 11.3 Å². The molecule has 0 bridgehead atoms. The van der Waals surface area contributed by atoms with E-state index in [9.17, 15) is 9.59 Å². The molecule has 4 nitrogen and oxygen atoms in total. The molecular weight excluding hydrogens is 348 g/mol. The van der Waals surface area contributed by atoms with Gasteiger partial charge < -0.3 is 4.90 Å². The molecule has 0 atom stereocenters. The molecule has 2 heterocycles. The van der Waals surface area contributed by atoms with Crippen molar-refractivity contribution in [1.29, 1.82) is 0 Å². The molecule has 2 aromatic carbocycles. The molecule has 1 saturated heterocycles. The largest absolute Gasteiger partial charge is 0.366 e. The van der Waals surface area contributed by atoms with Gasteiger partial charge in [-0.2, -0.15) is 0 Å². The maximum Gasteiger partial charge on any atom is 0.282 e. The van der Waals surface area contributed by atoms with Crippen LogP contribution in [0.4, 0.5) is 5.69 Å². The number of benzene rings is 2. The Morgan fingerprint density at radius 1 is 0.923 bits per heavy atom. The minimum atomic E-state index is -0.284. The molecule has 0 aliphatic carbocycles. The second-order valence-corrected chi connectivity index (χ2v) is 7.10. The van der Waals surface area contributed by atoms with Crippen molar-refractivity contribution in [2.24, 2.45) is 0 Å². The van der Waals surface area contributed by atoms with E-state index in [1.54, 1.807) is 12.1 Å². The molecule has 2 aliphatic rings. The van der Waals surface area contributed by atoms with Crippen molar-refractivity contribution in [3.8, 4) is 0 Å². The van der Waals surface area contributed by atoms with Gasteiger partial charge in [-0.05, 0) is 43.0 Å². The van der Waals surface area contributed by atoms with E-state index in [0.717, 1.165) is 37.1 Å². The minimum absolute atomic E-state index is 0.263. The lowest BCUT2D eigenvalue weighted by molar-refractivity contribution is -0.120. The zero-order valence-corrected chi connectivity index (χ0v) is 15.3. The summed E-state index contributed by atoms with van der Waals surface area (Å²) in [5.41, 5.74) is 3.16. The van der Waals surface area contributed by atoms with E-state index in [4.69, 9.17) is 11.6 Å². The highest BCUT2D eigenvalue weighted by atomic mass is 35.5. The molecular formula is C21H19ClN2O2. The lowest BCUT2D eigenvalue weighted by atomic mass is 10.0. The Bertz CT molecular complexity index is 915. The molecule has 0 N–H and O–H groups in total. The quantitative estimate of drug-likeness (QED) is 0.770. The molecule has 0 spiro atoms. The van der Waals surface area contributed by atoms with E-state index >= 15 is 0 Å². The average Bonchev–Trinajstić information content (AvgIpc) is 3.24. The van der Waals surface area contributed by atoms with E-state index in [-0.39, 0.29) is 11.8 Å². The summed E-state index contributed by atoms with van der Waals surface area (Å²) < 4.78 is 0. The number of rotatable bonds is 3. The minimum Gasteiger partial charge on any atom is -0.366 e. The first-order valence-corrected chi connectivity index (χ1v) is 9.15. The maximum absolute atomic E-state index is 13.3. The summed E-state index contributed by atoms with van der Waals surface area (Å²) in [6, 6.07) is 14.7. The summed E-state index contributed by atoms with van der Waals surface area (Å²) in [5.74, 6) is -0.547. The summed E-state index contributed by atoms with van der Waals surface area (Å²) in [4.78, 5) is 30.0. The predicted molar refractivity (Wildman–Crippen MR) is 103 cm³/mol. The van der Waals surface area contributed by atoms with Gasteiger partial charge in [-0.15, -0.1) is 0 Å². The highest BCUT2D eigenvalue weighted by Crippen LogP contribution is 2.37. The summed E-state index contributed by atoms with van der Waals surface area (Å²) in [7, 11) is 0. The molecule has 26 heavy (non-hydrogen) atoms. The van der Waals surface area contributed by atoms with Gasteiger partial charge in [0.15, 0.2) is 0 Å². The number of carbonyl (C=O) groups is 2. The number of hydrogen-bond donors (Lipinski definition) is 0. The van der Waals surface area contributed by atoms with E-state index in [1.807, 2.05) is 48.2 Å². The molecule has 0 radical (unpaired) electrons. The number of anilines is 1. The highest BCUT2D eigenvalue weighted by Gasteiger charge is 2.43. The smallest absolute Gasteiger partial charge is 0.282 e. The molecule has 2 aliphatic heterocycles. The summed E-state index contributed by atoms with van der Waals surface area (Å²) in [6.45, 7) is 3.47. The number of amides is 2. The second kappa shape index (κ2) is 6.61. The molecule has 0 aromatic heterocycles. The predicted octanol–water partition coefficient (Wildman–Crippen LogP) is 4.03. The van der Waals surface area contributed by atoms with Crippen LogP contribution in [0.25, 0.3) is 5.57 Å². The molecule has 2 aromatic rings. The average molecular weight is 367 g/mol. The van der Waals surface area contributed by atoms with E-state index in [1.165, 1.54) is 4.90 Å². The van der Waals surface area contributed by atoms with E-state index in [2.05, 4.69) is 0 Å². The molecule has 1 fully saturated rings. The third kappa shape index (κ3) is 2.71. The summed E-state index contributed by atoms with van der Waals surface area (Å²) in [6.07, 6.45) is 2.06. The van der Waals surface area contributed by atoms with Gasteiger partial charge in [-0.3, -0.25) is 9.59 Å². The standard InChI is InChI=1S/C21H19ClN2O2/c1-14-9-10-16(22)13-17(14)24-20(25)18(15-7-3-2-4-8-15)19(21(24)26)23-11-5-6-12-23/h2-4,7-10,13H,5-6,11-12H2,1H3. The lowest BCUT2D eigenvalue weighted by Crippen LogP contribution is -2.35. The zero-order valence-electron chi connectivity index (χ0n) is 14.5. The van der Waals surface area contributed by atoms with Crippen LogP contribution in [0, 0.1) is 6.92 Å². The van der Waals surface area contributed by atoms with Crippen LogP contribution in [0.3, 0.4) is 0 Å². The van der Waals surface area contributed by atoms with Crippen LogP contribution in [-0.4, -0.2) is 29.8 Å². The normalized spacial score (nSPS) is 17.6.